The van der Waals surface area contributed by atoms with Crippen molar-refractivity contribution in [2.24, 2.45) is 0 Å². The van der Waals surface area contributed by atoms with Gasteiger partial charge >= 0.3 is 0 Å². The number of aromatic nitrogens is 1. The molecule has 0 spiro atoms. The Morgan fingerprint density at radius 2 is 1.71 bits per heavy atom. The second-order valence-corrected chi connectivity index (χ2v) is 4.49. The molecular weight excluding hydrogens is 282 g/mol. The summed E-state index contributed by atoms with van der Waals surface area (Å²) in [6.45, 7) is 1.29. The van der Waals surface area contributed by atoms with Crippen LogP contribution in [-0.2, 0) is 6.54 Å². The molecule has 0 atom stereocenters. The highest BCUT2D eigenvalue weighted by Gasteiger charge is 1.94. The van der Waals surface area contributed by atoms with Gasteiger partial charge in [0.25, 0.3) is 0 Å². The van der Waals surface area contributed by atoms with Crippen LogP contribution < -0.4 is 10.2 Å². The van der Waals surface area contributed by atoms with Crippen LogP contribution in [0.1, 0.15) is 0 Å². The third kappa shape index (κ3) is 3.75. The standard InChI is InChI=1S/C13H12BrNO2/c14-11-1-3-13(4-2-11)17-10-9-15-7-5-12(16)6-8-15/h1-8H,9-10H2. The van der Waals surface area contributed by atoms with Gasteiger partial charge in [0.2, 0.25) is 0 Å². The molecule has 1 aromatic heterocycles. The van der Waals surface area contributed by atoms with Gasteiger partial charge in [0.15, 0.2) is 5.43 Å². The van der Waals surface area contributed by atoms with Crippen molar-refractivity contribution in [2.75, 3.05) is 6.61 Å². The van der Waals surface area contributed by atoms with E-state index in [2.05, 4.69) is 15.9 Å². The monoisotopic (exact) mass is 293 g/mol. The zero-order chi connectivity index (χ0) is 12.1. The number of halogens is 1. The molecule has 2 aromatic rings. The maximum absolute atomic E-state index is 10.9. The van der Waals surface area contributed by atoms with Crippen molar-refractivity contribution >= 4 is 15.9 Å². The van der Waals surface area contributed by atoms with E-state index in [0.29, 0.717) is 6.61 Å². The van der Waals surface area contributed by atoms with Crippen LogP contribution in [0.5, 0.6) is 5.75 Å². The van der Waals surface area contributed by atoms with Crippen LogP contribution in [0.3, 0.4) is 0 Å². The summed E-state index contributed by atoms with van der Waals surface area (Å²) in [5, 5.41) is 0. The smallest absolute Gasteiger partial charge is 0.181 e. The van der Waals surface area contributed by atoms with Crippen molar-refractivity contribution in [2.45, 2.75) is 6.54 Å². The lowest BCUT2D eigenvalue weighted by Gasteiger charge is -2.08. The lowest BCUT2D eigenvalue weighted by atomic mass is 10.3. The Morgan fingerprint density at radius 1 is 1.06 bits per heavy atom. The third-order valence-corrected chi connectivity index (χ3v) is 2.82. The Labute approximate surface area is 108 Å². The topological polar surface area (TPSA) is 31.2 Å². The summed E-state index contributed by atoms with van der Waals surface area (Å²) in [6.07, 6.45) is 3.51. The normalized spacial score (nSPS) is 10.2. The summed E-state index contributed by atoms with van der Waals surface area (Å²) in [5.41, 5.74) is 0.0232. The van der Waals surface area contributed by atoms with Gasteiger partial charge in [0.1, 0.15) is 12.4 Å². The molecule has 0 bridgehead atoms. The minimum atomic E-state index is 0.0232. The fourth-order valence-corrected chi connectivity index (χ4v) is 1.66. The molecule has 0 N–H and O–H groups in total. The molecule has 0 aliphatic heterocycles. The second kappa shape index (κ2) is 5.68. The molecule has 0 unspecified atom stereocenters. The van der Waals surface area contributed by atoms with Gasteiger partial charge in [0, 0.05) is 29.0 Å². The average Bonchev–Trinajstić information content (AvgIpc) is 2.34. The quantitative estimate of drug-likeness (QED) is 0.868. The minimum Gasteiger partial charge on any atom is -0.492 e. The molecule has 0 aliphatic carbocycles. The largest absolute Gasteiger partial charge is 0.492 e. The lowest BCUT2D eigenvalue weighted by molar-refractivity contribution is 0.298. The highest BCUT2D eigenvalue weighted by atomic mass is 79.9. The number of pyridine rings is 1. The van der Waals surface area contributed by atoms with Crippen molar-refractivity contribution in [3.63, 3.8) is 0 Å². The first-order chi connectivity index (χ1) is 8.24. The maximum Gasteiger partial charge on any atom is 0.181 e. The van der Waals surface area contributed by atoms with E-state index in [0.717, 1.165) is 16.8 Å². The van der Waals surface area contributed by atoms with E-state index in [9.17, 15) is 4.79 Å². The average molecular weight is 294 g/mol. The molecule has 2 rings (SSSR count). The molecule has 0 saturated heterocycles. The van der Waals surface area contributed by atoms with Crippen molar-refractivity contribution in [1.82, 2.24) is 4.57 Å². The molecular formula is C13H12BrNO2. The van der Waals surface area contributed by atoms with E-state index in [4.69, 9.17) is 4.74 Å². The van der Waals surface area contributed by atoms with Gasteiger partial charge in [0.05, 0.1) is 6.54 Å². The van der Waals surface area contributed by atoms with Crippen LogP contribution in [0.15, 0.2) is 58.1 Å². The molecule has 0 aliphatic rings. The predicted molar refractivity (Wildman–Crippen MR) is 70.3 cm³/mol. The first-order valence-corrected chi connectivity index (χ1v) is 6.08. The van der Waals surface area contributed by atoms with E-state index in [-0.39, 0.29) is 5.43 Å². The summed E-state index contributed by atoms with van der Waals surface area (Å²) >= 11 is 3.37. The Bertz CT molecular complexity index is 513. The molecule has 1 heterocycles. The number of ether oxygens (including phenoxy) is 1. The van der Waals surface area contributed by atoms with Crippen LogP contribution >= 0.6 is 15.9 Å². The van der Waals surface area contributed by atoms with Crippen LogP contribution in [0.4, 0.5) is 0 Å². The Morgan fingerprint density at radius 3 is 2.35 bits per heavy atom. The van der Waals surface area contributed by atoms with E-state index < -0.39 is 0 Å². The SMILES string of the molecule is O=c1ccn(CCOc2ccc(Br)cc2)cc1. The molecule has 0 radical (unpaired) electrons. The fourth-order valence-electron chi connectivity index (χ4n) is 1.39. The van der Waals surface area contributed by atoms with Gasteiger partial charge < -0.3 is 9.30 Å². The summed E-state index contributed by atoms with van der Waals surface area (Å²) in [5.74, 6) is 0.842. The van der Waals surface area contributed by atoms with Gasteiger partial charge in [-0.3, -0.25) is 4.79 Å². The minimum absolute atomic E-state index is 0.0232. The highest BCUT2D eigenvalue weighted by molar-refractivity contribution is 9.10. The number of hydrogen-bond acceptors (Lipinski definition) is 2. The van der Waals surface area contributed by atoms with Gasteiger partial charge in [-0.05, 0) is 24.3 Å². The molecule has 4 heteroatoms. The molecule has 0 fully saturated rings. The molecule has 1 aromatic carbocycles. The molecule has 0 amide bonds. The molecule has 0 saturated carbocycles. The van der Waals surface area contributed by atoms with Crippen LogP contribution in [0.2, 0.25) is 0 Å². The first kappa shape index (κ1) is 11.9. The van der Waals surface area contributed by atoms with Crippen LogP contribution in [-0.4, -0.2) is 11.2 Å². The Hall–Kier alpha value is -1.55. The van der Waals surface area contributed by atoms with Crippen molar-refractivity contribution in [1.29, 1.82) is 0 Å². The number of benzene rings is 1. The maximum atomic E-state index is 10.9. The van der Waals surface area contributed by atoms with Crippen molar-refractivity contribution in [3.05, 3.63) is 63.5 Å². The van der Waals surface area contributed by atoms with Gasteiger partial charge in [-0.15, -0.1) is 0 Å². The van der Waals surface area contributed by atoms with Crippen LogP contribution in [0, 0.1) is 0 Å². The fraction of sp³-hybridized carbons (Fsp3) is 0.154. The third-order valence-electron chi connectivity index (χ3n) is 2.29. The Kier molecular flexibility index (Phi) is 3.98. The van der Waals surface area contributed by atoms with Gasteiger partial charge in [-0.25, -0.2) is 0 Å². The van der Waals surface area contributed by atoms with Crippen LogP contribution in [0.25, 0.3) is 0 Å². The summed E-state index contributed by atoms with van der Waals surface area (Å²) in [7, 11) is 0. The summed E-state index contributed by atoms with van der Waals surface area (Å²) in [4.78, 5) is 10.9. The molecule has 3 nitrogen and oxygen atoms in total. The van der Waals surface area contributed by atoms with E-state index in [1.165, 1.54) is 0 Å². The number of rotatable bonds is 4. The van der Waals surface area contributed by atoms with E-state index >= 15 is 0 Å². The Balaban J connectivity index is 1.85. The van der Waals surface area contributed by atoms with E-state index in [1.54, 1.807) is 24.5 Å². The van der Waals surface area contributed by atoms with Gasteiger partial charge in [-0.1, -0.05) is 15.9 Å². The van der Waals surface area contributed by atoms with Gasteiger partial charge in [-0.2, -0.15) is 0 Å². The zero-order valence-electron chi connectivity index (χ0n) is 9.17. The molecule has 88 valence electrons. The zero-order valence-corrected chi connectivity index (χ0v) is 10.8. The number of nitrogens with zero attached hydrogens (tertiary/aromatic N) is 1. The second-order valence-electron chi connectivity index (χ2n) is 3.57. The molecule has 17 heavy (non-hydrogen) atoms. The lowest BCUT2D eigenvalue weighted by Crippen LogP contribution is -2.10. The van der Waals surface area contributed by atoms with E-state index in [1.807, 2.05) is 28.8 Å². The van der Waals surface area contributed by atoms with Crippen molar-refractivity contribution < 1.29 is 4.74 Å². The van der Waals surface area contributed by atoms with Crippen molar-refractivity contribution in [3.8, 4) is 5.75 Å². The highest BCUT2D eigenvalue weighted by Crippen LogP contribution is 2.15. The first-order valence-electron chi connectivity index (χ1n) is 5.28. The number of hydrogen-bond donors (Lipinski definition) is 0. The summed E-state index contributed by atoms with van der Waals surface area (Å²) in [6, 6.07) is 10.8. The predicted octanol–water partition coefficient (Wildman–Crippen LogP) is 2.69. The summed E-state index contributed by atoms with van der Waals surface area (Å²) < 4.78 is 8.52.